The Labute approximate surface area is 120 Å². The van der Waals surface area contributed by atoms with Crippen molar-refractivity contribution in [3.8, 4) is 0 Å². The number of piperidine rings is 1. The number of fused-ring (bicyclic) bond motifs is 1. The molecule has 0 saturated carbocycles. The highest BCUT2D eigenvalue weighted by atomic mass is 79.9. The highest BCUT2D eigenvalue weighted by molar-refractivity contribution is 9.10. The van der Waals surface area contributed by atoms with Gasteiger partial charge in [-0.3, -0.25) is 5.41 Å². The molecule has 2 heterocycles. The maximum absolute atomic E-state index is 7.69. The van der Waals surface area contributed by atoms with Gasteiger partial charge in [0.05, 0.1) is 5.52 Å². The van der Waals surface area contributed by atoms with Gasteiger partial charge >= 0.3 is 0 Å². The van der Waals surface area contributed by atoms with Crippen LogP contribution in [0.2, 0.25) is 0 Å². The van der Waals surface area contributed by atoms with E-state index in [-0.39, 0.29) is 5.84 Å². The minimum absolute atomic E-state index is 0.102. The van der Waals surface area contributed by atoms with Crippen LogP contribution in [0.5, 0.6) is 0 Å². The van der Waals surface area contributed by atoms with Gasteiger partial charge in [-0.05, 0) is 49.5 Å². The fourth-order valence-corrected chi connectivity index (χ4v) is 3.36. The highest BCUT2D eigenvalue weighted by Gasteiger charge is 2.20. The van der Waals surface area contributed by atoms with Crippen molar-refractivity contribution < 1.29 is 0 Å². The quantitative estimate of drug-likeness (QED) is 0.507. The largest absolute Gasteiger partial charge is 0.384 e. The summed E-state index contributed by atoms with van der Waals surface area (Å²) >= 11 is 3.52. The molecule has 1 saturated heterocycles. The average molecular weight is 321 g/mol. The molecule has 1 aromatic carbocycles. The van der Waals surface area contributed by atoms with Crippen LogP contribution >= 0.6 is 15.9 Å². The lowest BCUT2D eigenvalue weighted by Crippen LogP contribution is -2.26. The topological polar surface area (TPSA) is 77.7 Å². The highest BCUT2D eigenvalue weighted by Crippen LogP contribution is 2.34. The molecule has 0 aliphatic carbocycles. The second kappa shape index (κ2) is 4.98. The van der Waals surface area contributed by atoms with E-state index in [9.17, 15) is 0 Å². The van der Waals surface area contributed by atoms with Gasteiger partial charge in [0.25, 0.3) is 0 Å². The Morgan fingerprint density at radius 1 is 1.32 bits per heavy atom. The molecule has 0 spiro atoms. The Morgan fingerprint density at radius 3 is 2.74 bits per heavy atom. The van der Waals surface area contributed by atoms with Gasteiger partial charge in [0.2, 0.25) is 0 Å². The van der Waals surface area contributed by atoms with E-state index in [4.69, 9.17) is 11.1 Å². The molecule has 0 radical (unpaired) electrons. The van der Waals surface area contributed by atoms with Gasteiger partial charge in [0.1, 0.15) is 5.84 Å². The molecule has 5 N–H and O–H groups in total. The SMILES string of the molecule is N=C(N)c1cc(Br)cc2c(C3CCNCC3)c[nH]c12. The third kappa shape index (κ3) is 2.28. The second-order valence-corrected chi connectivity index (χ2v) is 5.97. The van der Waals surface area contributed by atoms with Crippen LogP contribution in [0.1, 0.15) is 29.9 Å². The van der Waals surface area contributed by atoms with Crippen LogP contribution in [-0.2, 0) is 0 Å². The van der Waals surface area contributed by atoms with Crippen molar-refractivity contribution in [2.24, 2.45) is 5.73 Å². The molecule has 4 nitrogen and oxygen atoms in total. The van der Waals surface area contributed by atoms with Crippen LogP contribution < -0.4 is 11.1 Å². The smallest absolute Gasteiger partial charge is 0.124 e. The number of hydrogen-bond acceptors (Lipinski definition) is 2. The molecule has 0 bridgehead atoms. The molecule has 5 heteroatoms. The fraction of sp³-hybridized carbons (Fsp3) is 0.357. The monoisotopic (exact) mass is 320 g/mol. The molecular weight excluding hydrogens is 304 g/mol. The number of benzene rings is 1. The molecule has 0 unspecified atom stereocenters. The van der Waals surface area contributed by atoms with Crippen molar-refractivity contribution in [2.75, 3.05) is 13.1 Å². The van der Waals surface area contributed by atoms with Crippen LogP contribution in [-0.4, -0.2) is 23.9 Å². The van der Waals surface area contributed by atoms with Crippen LogP contribution in [0.4, 0.5) is 0 Å². The number of hydrogen-bond donors (Lipinski definition) is 4. The summed E-state index contributed by atoms with van der Waals surface area (Å²) in [6, 6.07) is 4.02. The summed E-state index contributed by atoms with van der Waals surface area (Å²) < 4.78 is 0.972. The van der Waals surface area contributed by atoms with Gasteiger partial charge in [-0.25, -0.2) is 0 Å². The first-order chi connectivity index (χ1) is 9.16. The fourth-order valence-electron chi connectivity index (χ4n) is 2.90. The Kier molecular flexibility index (Phi) is 3.33. The summed E-state index contributed by atoms with van der Waals surface area (Å²) in [5, 5.41) is 12.3. The molecule has 1 fully saturated rings. The third-order valence-corrected chi connectivity index (χ3v) is 4.31. The summed E-state index contributed by atoms with van der Waals surface area (Å²) in [7, 11) is 0. The summed E-state index contributed by atoms with van der Waals surface area (Å²) in [5.41, 5.74) is 8.76. The number of nitrogens with two attached hydrogens (primary N) is 1. The molecule has 0 amide bonds. The summed E-state index contributed by atoms with van der Waals surface area (Å²) in [6.07, 6.45) is 4.41. The van der Waals surface area contributed by atoms with E-state index in [1.165, 1.54) is 10.9 Å². The van der Waals surface area contributed by atoms with Crippen molar-refractivity contribution in [1.82, 2.24) is 10.3 Å². The minimum atomic E-state index is 0.102. The summed E-state index contributed by atoms with van der Waals surface area (Å²) in [5.74, 6) is 0.689. The maximum Gasteiger partial charge on any atom is 0.124 e. The van der Waals surface area contributed by atoms with E-state index in [0.717, 1.165) is 41.5 Å². The minimum Gasteiger partial charge on any atom is -0.384 e. The van der Waals surface area contributed by atoms with Crippen LogP contribution in [0.15, 0.2) is 22.8 Å². The van der Waals surface area contributed by atoms with Gasteiger partial charge in [-0.15, -0.1) is 0 Å². The summed E-state index contributed by atoms with van der Waals surface area (Å²) in [6.45, 7) is 2.15. The van der Waals surface area contributed by atoms with Crippen LogP contribution in [0, 0.1) is 5.41 Å². The van der Waals surface area contributed by atoms with E-state index in [1.54, 1.807) is 0 Å². The first-order valence-electron chi connectivity index (χ1n) is 6.52. The lowest BCUT2D eigenvalue weighted by Gasteiger charge is -2.22. The number of nitrogens with one attached hydrogen (secondary N) is 3. The van der Waals surface area contributed by atoms with Gasteiger partial charge < -0.3 is 16.0 Å². The number of halogens is 1. The first kappa shape index (κ1) is 12.7. The van der Waals surface area contributed by atoms with Gasteiger partial charge in [0.15, 0.2) is 0 Å². The molecule has 3 rings (SSSR count). The van der Waals surface area contributed by atoms with Crippen molar-refractivity contribution in [3.05, 3.63) is 33.9 Å². The Hall–Kier alpha value is -1.33. The van der Waals surface area contributed by atoms with E-state index in [2.05, 4.69) is 38.5 Å². The van der Waals surface area contributed by atoms with E-state index >= 15 is 0 Å². The summed E-state index contributed by atoms with van der Waals surface area (Å²) in [4.78, 5) is 3.30. The van der Waals surface area contributed by atoms with Crippen molar-refractivity contribution in [1.29, 1.82) is 5.41 Å². The number of rotatable bonds is 2. The molecule has 1 aromatic heterocycles. The lowest BCUT2D eigenvalue weighted by molar-refractivity contribution is 0.462. The van der Waals surface area contributed by atoms with E-state index < -0.39 is 0 Å². The number of H-pyrrole nitrogens is 1. The zero-order chi connectivity index (χ0) is 13.4. The lowest BCUT2D eigenvalue weighted by atomic mass is 9.89. The zero-order valence-corrected chi connectivity index (χ0v) is 12.2. The van der Waals surface area contributed by atoms with Crippen molar-refractivity contribution >= 4 is 32.7 Å². The van der Waals surface area contributed by atoms with Crippen LogP contribution in [0.3, 0.4) is 0 Å². The zero-order valence-electron chi connectivity index (χ0n) is 10.6. The Balaban J connectivity index is 2.14. The third-order valence-electron chi connectivity index (χ3n) is 3.86. The normalized spacial score (nSPS) is 16.9. The van der Waals surface area contributed by atoms with Gasteiger partial charge in [-0.1, -0.05) is 15.9 Å². The predicted molar refractivity (Wildman–Crippen MR) is 81.9 cm³/mol. The molecule has 1 aliphatic heterocycles. The molecule has 100 valence electrons. The Bertz CT molecular complexity index is 626. The average Bonchev–Trinajstić information content (AvgIpc) is 2.82. The number of aromatic nitrogens is 1. The van der Waals surface area contributed by atoms with Gasteiger partial charge in [0, 0.05) is 21.6 Å². The second-order valence-electron chi connectivity index (χ2n) is 5.06. The molecule has 2 aromatic rings. The molecular formula is C14H17BrN4. The number of amidine groups is 1. The van der Waals surface area contributed by atoms with E-state index in [0.29, 0.717) is 5.92 Å². The number of aromatic amines is 1. The maximum atomic E-state index is 7.69. The van der Waals surface area contributed by atoms with E-state index in [1.807, 2.05) is 6.07 Å². The first-order valence-corrected chi connectivity index (χ1v) is 7.31. The standard InChI is InChI=1S/C14H17BrN4/c15-9-5-10-12(8-1-3-18-4-2-8)7-19-13(10)11(6-9)14(16)17/h5-8,18-19H,1-4H2,(H3,16,17). The van der Waals surface area contributed by atoms with Crippen molar-refractivity contribution in [3.63, 3.8) is 0 Å². The predicted octanol–water partition coefficient (Wildman–Crippen LogP) is 2.68. The van der Waals surface area contributed by atoms with Crippen molar-refractivity contribution in [2.45, 2.75) is 18.8 Å². The Morgan fingerprint density at radius 2 is 2.05 bits per heavy atom. The van der Waals surface area contributed by atoms with Crippen LogP contribution in [0.25, 0.3) is 10.9 Å². The van der Waals surface area contributed by atoms with Gasteiger partial charge in [-0.2, -0.15) is 0 Å². The molecule has 1 aliphatic rings. The molecule has 19 heavy (non-hydrogen) atoms. The molecule has 0 atom stereocenters. The number of nitrogen functional groups attached to an aromatic ring is 1.